The standard InChI is InChI=1S/C14H20N2O5/c1-4-21-12-7-5-6-10(16(19)20)13(12)14(18)15-8-11(17)9(2)3/h5-7,9,11,17H,4,8H2,1-3H3,(H,15,18). The largest absolute Gasteiger partial charge is 0.493 e. The Hall–Kier alpha value is -2.15. The summed E-state index contributed by atoms with van der Waals surface area (Å²) in [5.41, 5.74) is -0.446. The first-order valence-corrected chi connectivity index (χ1v) is 6.74. The van der Waals surface area contributed by atoms with E-state index in [-0.39, 0.29) is 36.1 Å². The van der Waals surface area contributed by atoms with Crippen molar-refractivity contribution < 1.29 is 19.6 Å². The van der Waals surface area contributed by atoms with Gasteiger partial charge in [0.25, 0.3) is 11.6 Å². The highest BCUT2D eigenvalue weighted by Gasteiger charge is 2.25. The summed E-state index contributed by atoms with van der Waals surface area (Å²) < 4.78 is 5.28. The van der Waals surface area contributed by atoms with Crippen molar-refractivity contribution in [2.24, 2.45) is 5.92 Å². The number of hydrogen-bond donors (Lipinski definition) is 2. The van der Waals surface area contributed by atoms with Gasteiger partial charge in [-0.2, -0.15) is 0 Å². The molecule has 7 nitrogen and oxygen atoms in total. The summed E-state index contributed by atoms with van der Waals surface area (Å²) >= 11 is 0. The molecule has 2 N–H and O–H groups in total. The molecule has 21 heavy (non-hydrogen) atoms. The summed E-state index contributed by atoms with van der Waals surface area (Å²) in [4.78, 5) is 22.6. The van der Waals surface area contributed by atoms with E-state index < -0.39 is 16.9 Å². The van der Waals surface area contributed by atoms with E-state index in [0.29, 0.717) is 0 Å². The van der Waals surface area contributed by atoms with Crippen molar-refractivity contribution in [3.8, 4) is 5.75 Å². The number of nitro benzene ring substituents is 1. The van der Waals surface area contributed by atoms with Crippen molar-refractivity contribution in [1.82, 2.24) is 5.32 Å². The lowest BCUT2D eigenvalue weighted by atomic mass is 10.1. The number of rotatable bonds is 7. The number of amides is 1. The van der Waals surface area contributed by atoms with Crippen LogP contribution in [0, 0.1) is 16.0 Å². The Labute approximate surface area is 123 Å². The third-order valence-corrected chi connectivity index (χ3v) is 2.97. The zero-order valence-corrected chi connectivity index (χ0v) is 12.3. The lowest BCUT2D eigenvalue weighted by molar-refractivity contribution is -0.385. The summed E-state index contributed by atoms with van der Waals surface area (Å²) in [7, 11) is 0. The van der Waals surface area contributed by atoms with Crippen LogP contribution in [-0.4, -0.2) is 35.2 Å². The molecule has 1 aromatic rings. The minimum absolute atomic E-state index is 0.0219. The van der Waals surface area contributed by atoms with Gasteiger partial charge in [-0.05, 0) is 18.9 Å². The van der Waals surface area contributed by atoms with E-state index in [1.165, 1.54) is 18.2 Å². The van der Waals surface area contributed by atoms with Crippen LogP contribution in [0.2, 0.25) is 0 Å². The van der Waals surface area contributed by atoms with Gasteiger partial charge in [0.05, 0.1) is 17.6 Å². The molecule has 0 aliphatic carbocycles. The molecule has 0 spiro atoms. The summed E-state index contributed by atoms with van der Waals surface area (Å²) in [6.45, 7) is 5.66. The minimum Gasteiger partial charge on any atom is -0.493 e. The van der Waals surface area contributed by atoms with Crippen molar-refractivity contribution >= 4 is 11.6 Å². The van der Waals surface area contributed by atoms with Gasteiger partial charge in [-0.3, -0.25) is 14.9 Å². The molecule has 0 aromatic heterocycles. The zero-order chi connectivity index (χ0) is 16.0. The number of benzene rings is 1. The van der Waals surface area contributed by atoms with Crippen molar-refractivity contribution in [1.29, 1.82) is 0 Å². The smallest absolute Gasteiger partial charge is 0.285 e. The van der Waals surface area contributed by atoms with Gasteiger partial charge in [-0.25, -0.2) is 0 Å². The molecule has 0 bridgehead atoms. The van der Waals surface area contributed by atoms with Crippen molar-refractivity contribution in [3.63, 3.8) is 0 Å². The van der Waals surface area contributed by atoms with E-state index in [0.717, 1.165) is 0 Å². The molecule has 1 amide bonds. The molecule has 0 aliphatic rings. The van der Waals surface area contributed by atoms with Crippen LogP contribution in [0.5, 0.6) is 5.75 Å². The van der Waals surface area contributed by atoms with Crippen LogP contribution in [-0.2, 0) is 0 Å². The number of aliphatic hydroxyl groups is 1. The number of carbonyl (C=O) groups excluding carboxylic acids is 1. The third-order valence-electron chi connectivity index (χ3n) is 2.97. The summed E-state index contributed by atoms with van der Waals surface area (Å²) in [5.74, 6) is -0.504. The van der Waals surface area contributed by atoms with Crippen LogP contribution in [0.4, 0.5) is 5.69 Å². The first-order valence-electron chi connectivity index (χ1n) is 6.74. The van der Waals surface area contributed by atoms with Crippen LogP contribution >= 0.6 is 0 Å². The quantitative estimate of drug-likeness (QED) is 0.589. The number of nitro groups is 1. The van der Waals surface area contributed by atoms with Gasteiger partial charge < -0.3 is 15.2 Å². The molecular formula is C14H20N2O5. The van der Waals surface area contributed by atoms with Crippen LogP contribution in [0.1, 0.15) is 31.1 Å². The fourth-order valence-corrected chi connectivity index (χ4v) is 1.70. The average molecular weight is 296 g/mol. The maximum absolute atomic E-state index is 12.2. The fourth-order valence-electron chi connectivity index (χ4n) is 1.70. The predicted molar refractivity (Wildman–Crippen MR) is 77.4 cm³/mol. The van der Waals surface area contributed by atoms with Gasteiger partial charge >= 0.3 is 0 Å². The normalized spacial score (nSPS) is 12.0. The lowest BCUT2D eigenvalue weighted by Gasteiger charge is -2.16. The van der Waals surface area contributed by atoms with Crippen molar-refractivity contribution in [2.75, 3.05) is 13.2 Å². The summed E-state index contributed by atoms with van der Waals surface area (Å²) in [6.07, 6.45) is -0.715. The molecule has 0 aliphatic heterocycles. The molecule has 1 atom stereocenters. The van der Waals surface area contributed by atoms with Gasteiger partial charge in [-0.1, -0.05) is 19.9 Å². The van der Waals surface area contributed by atoms with Crippen molar-refractivity contribution in [2.45, 2.75) is 26.9 Å². The summed E-state index contributed by atoms with van der Waals surface area (Å²) in [5, 5.41) is 23.2. The van der Waals surface area contributed by atoms with Gasteiger partial charge in [0.2, 0.25) is 0 Å². The predicted octanol–water partition coefficient (Wildman–Crippen LogP) is 1.74. The molecule has 1 unspecified atom stereocenters. The van der Waals surface area contributed by atoms with E-state index in [2.05, 4.69) is 5.32 Å². The van der Waals surface area contributed by atoms with Gasteiger partial charge in [0.1, 0.15) is 5.75 Å². The van der Waals surface area contributed by atoms with Gasteiger partial charge in [0, 0.05) is 12.6 Å². The second-order valence-corrected chi connectivity index (χ2v) is 4.86. The average Bonchev–Trinajstić information content (AvgIpc) is 2.44. The Balaban J connectivity index is 3.02. The van der Waals surface area contributed by atoms with Crippen LogP contribution < -0.4 is 10.1 Å². The molecule has 116 valence electrons. The Morgan fingerprint density at radius 1 is 1.48 bits per heavy atom. The molecular weight excluding hydrogens is 276 g/mol. The van der Waals surface area contributed by atoms with E-state index in [1.807, 2.05) is 13.8 Å². The molecule has 0 saturated carbocycles. The molecule has 1 aromatic carbocycles. The summed E-state index contributed by atoms with van der Waals surface area (Å²) in [6, 6.07) is 4.21. The second kappa shape index (κ2) is 7.58. The van der Waals surface area contributed by atoms with E-state index in [1.54, 1.807) is 6.92 Å². The zero-order valence-electron chi connectivity index (χ0n) is 12.3. The van der Waals surface area contributed by atoms with Gasteiger partial charge in [-0.15, -0.1) is 0 Å². The Bertz CT molecular complexity index is 516. The Morgan fingerprint density at radius 3 is 2.67 bits per heavy atom. The van der Waals surface area contributed by atoms with Crippen LogP contribution in [0.25, 0.3) is 0 Å². The monoisotopic (exact) mass is 296 g/mol. The molecule has 7 heteroatoms. The SMILES string of the molecule is CCOc1cccc([N+](=O)[O-])c1C(=O)NCC(O)C(C)C. The first-order chi connectivity index (χ1) is 9.88. The molecule has 1 rings (SSSR count). The second-order valence-electron chi connectivity index (χ2n) is 4.86. The van der Waals surface area contributed by atoms with Crippen LogP contribution in [0.3, 0.4) is 0 Å². The number of nitrogens with one attached hydrogen (secondary N) is 1. The molecule has 0 fully saturated rings. The van der Waals surface area contributed by atoms with E-state index >= 15 is 0 Å². The number of hydrogen-bond acceptors (Lipinski definition) is 5. The van der Waals surface area contributed by atoms with E-state index in [9.17, 15) is 20.0 Å². The first kappa shape index (κ1) is 16.9. The molecule has 0 radical (unpaired) electrons. The van der Waals surface area contributed by atoms with Crippen LogP contribution in [0.15, 0.2) is 18.2 Å². The highest BCUT2D eigenvalue weighted by molar-refractivity contribution is 6.00. The van der Waals surface area contributed by atoms with Gasteiger partial charge in [0.15, 0.2) is 5.56 Å². The number of ether oxygens (including phenoxy) is 1. The minimum atomic E-state index is -0.715. The lowest BCUT2D eigenvalue weighted by Crippen LogP contribution is -2.35. The molecule has 0 heterocycles. The highest BCUT2D eigenvalue weighted by Crippen LogP contribution is 2.28. The third kappa shape index (κ3) is 4.42. The molecule has 0 saturated heterocycles. The highest BCUT2D eigenvalue weighted by atomic mass is 16.6. The number of nitrogens with zero attached hydrogens (tertiary/aromatic N) is 1. The van der Waals surface area contributed by atoms with E-state index in [4.69, 9.17) is 4.74 Å². The number of carbonyl (C=O) groups is 1. The maximum Gasteiger partial charge on any atom is 0.285 e. The topological polar surface area (TPSA) is 102 Å². The number of aliphatic hydroxyl groups excluding tert-OH is 1. The Morgan fingerprint density at radius 2 is 2.14 bits per heavy atom. The Kier molecular flexibility index (Phi) is 6.10. The van der Waals surface area contributed by atoms with Crippen molar-refractivity contribution in [3.05, 3.63) is 33.9 Å². The fraction of sp³-hybridized carbons (Fsp3) is 0.500. The maximum atomic E-state index is 12.2.